The molecule has 0 radical (unpaired) electrons. The van der Waals surface area contributed by atoms with Crippen molar-refractivity contribution < 1.29 is 4.79 Å². The lowest BCUT2D eigenvalue weighted by Gasteiger charge is -2.27. The number of carbonyl (C=O) groups is 1. The van der Waals surface area contributed by atoms with Gasteiger partial charge < -0.3 is 15.2 Å². The smallest absolute Gasteiger partial charge is 0.242 e. The van der Waals surface area contributed by atoms with E-state index in [-0.39, 0.29) is 11.9 Å². The molecule has 2 N–H and O–H groups in total. The fourth-order valence-corrected chi connectivity index (χ4v) is 4.41. The van der Waals surface area contributed by atoms with Crippen LogP contribution >= 0.6 is 0 Å². The highest BCUT2D eigenvalue weighted by atomic mass is 16.2. The van der Waals surface area contributed by atoms with Gasteiger partial charge in [0, 0.05) is 25.0 Å². The molecule has 3 aromatic rings. The van der Waals surface area contributed by atoms with Gasteiger partial charge in [-0.1, -0.05) is 56.4 Å². The lowest BCUT2D eigenvalue weighted by molar-refractivity contribution is -0.122. The number of anilines is 1. The number of amides is 1. The molecule has 7 nitrogen and oxygen atoms in total. The number of benzene rings is 1. The SMILES string of the molecule is [C-]#[N+]c1ccc(CNC(=O)[C@@H](CC2CCCCC2)Nc2cc(-n3cccc3)nc(C)n2)cc1. The van der Waals surface area contributed by atoms with Crippen LogP contribution in [0.2, 0.25) is 0 Å². The molecule has 0 spiro atoms. The fourth-order valence-electron chi connectivity index (χ4n) is 4.41. The van der Waals surface area contributed by atoms with E-state index in [2.05, 4.69) is 25.4 Å². The molecule has 0 unspecified atom stereocenters. The highest BCUT2D eigenvalue weighted by Gasteiger charge is 2.25. The third-order valence-corrected chi connectivity index (χ3v) is 6.16. The van der Waals surface area contributed by atoms with Crippen LogP contribution < -0.4 is 10.6 Å². The molecule has 1 fully saturated rings. The molecule has 1 aromatic carbocycles. The maximum atomic E-state index is 13.2. The molecular formula is C26H30N6O. The van der Waals surface area contributed by atoms with Crippen molar-refractivity contribution in [2.45, 2.75) is 58.0 Å². The van der Waals surface area contributed by atoms with Gasteiger partial charge in [-0.2, -0.15) is 0 Å². The predicted molar refractivity (Wildman–Crippen MR) is 129 cm³/mol. The van der Waals surface area contributed by atoms with Gasteiger partial charge in [-0.05, 0) is 37.0 Å². The van der Waals surface area contributed by atoms with Crippen LogP contribution in [-0.4, -0.2) is 26.5 Å². The summed E-state index contributed by atoms with van der Waals surface area (Å²) in [5.74, 6) is 2.58. The number of nitrogens with zero attached hydrogens (tertiary/aromatic N) is 4. The first-order valence-electron chi connectivity index (χ1n) is 11.6. The zero-order valence-electron chi connectivity index (χ0n) is 19.0. The second-order valence-corrected chi connectivity index (χ2v) is 8.68. The molecule has 1 atom stereocenters. The zero-order valence-corrected chi connectivity index (χ0v) is 19.0. The molecule has 1 aliphatic rings. The van der Waals surface area contributed by atoms with Crippen molar-refractivity contribution in [3.8, 4) is 5.82 Å². The summed E-state index contributed by atoms with van der Waals surface area (Å²) in [5, 5.41) is 6.48. The second-order valence-electron chi connectivity index (χ2n) is 8.68. The largest absolute Gasteiger partial charge is 0.358 e. The van der Waals surface area contributed by atoms with Crippen LogP contribution in [0.3, 0.4) is 0 Å². The summed E-state index contributed by atoms with van der Waals surface area (Å²) in [6.07, 6.45) is 10.8. The Morgan fingerprint density at radius 2 is 1.88 bits per heavy atom. The van der Waals surface area contributed by atoms with Crippen molar-refractivity contribution >= 4 is 17.4 Å². The van der Waals surface area contributed by atoms with Crippen LogP contribution in [0, 0.1) is 19.4 Å². The van der Waals surface area contributed by atoms with Crippen molar-refractivity contribution in [1.29, 1.82) is 0 Å². The van der Waals surface area contributed by atoms with E-state index >= 15 is 0 Å². The normalized spacial score (nSPS) is 14.9. The average molecular weight is 443 g/mol. The topological polar surface area (TPSA) is 76.2 Å². The second kappa shape index (κ2) is 10.8. The minimum atomic E-state index is -0.373. The molecule has 1 amide bonds. The number of aromatic nitrogens is 3. The molecule has 170 valence electrons. The molecule has 2 heterocycles. The Bertz CT molecular complexity index is 1090. The molecule has 1 saturated carbocycles. The van der Waals surface area contributed by atoms with Crippen molar-refractivity contribution in [2.75, 3.05) is 5.32 Å². The Labute approximate surface area is 195 Å². The molecule has 7 heteroatoms. The predicted octanol–water partition coefficient (Wildman–Crippen LogP) is 5.19. The van der Waals surface area contributed by atoms with Gasteiger partial charge >= 0.3 is 0 Å². The van der Waals surface area contributed by atoms with Gasteiger partial charge in [-0.3, -0.25) is 4.79 Å². The maximum absolute atomic E-state index is 13.2. The summed E-state index contributed by atoms with van der Waals surface area (Å²) >= 11 is 0. The summed E-state index contributed by atoms with van der Waals surface area (Å²) in [6, 6.07) is 12.7. The molecule has 0 saturated heterocycles. The number of rotatable bonds is 8. The summed E-state index contributed by atoms with van der Waals surface area (Å²) in [6.45, 7) is 9.37. The number of carbonyl (C=O) groups excluding carboxylic acids is 1. The monoisotopic (exact) mass is 442 g/mol. The Hall–Kier alpha value is -3.66. The first kappa shape index (κ1) is 22.5. The first-order chi connectivity index (χ1) is 16.1. The Kier molecular flexibility index (Phi) is 7.36. The molecule has 2 aromatic heterocycles. The van der Waals surface area contributed by atoms with E-state index in [0.717, 1.165) is 17.8 Å². The molecule has 0 aliphatic heterocycles. The molecule has 33 heavy (non-hydrogen) atoms. The molecule has 1 aliphatic carbocycles. The van der Waals surface area contributed by atoms with Gasteiger partial charge in [-0.25, -0.2) is 14.8 Å². The Morgan fingerprint density at radius 3 is 2.58 bits per heavy atom. The standard InChI is InChI=1S/C26H30N6O/c1-19-29-24(17-25(30-19)32-14-6-7-15-32)31-23(16-20-8-4-3-5-9-20)26(33)28-18-21-10-12-22(27-2)13-11-21/h6-7,10-15,17,20,23H,3-5,8-9,16,18H2,1H3,(H,28,33)(H,29,30,31)/t23-/m1/s1. The highest BCUT2D eigenvalue weighted by Crippen LogP contribution is 2.28. The maximum Gasteiger partial charge on any atom is 0.242 e. The molecule has 0 bridgehead atoms. The molecule has 4 rings (SSSR count). The van der Waals surface area contributed by atoms with Gasteiger partial charge in [0.25, 0.3) is 0 Å². The molecular weight excluding hydrogens is 412 g/mol. The van der Waals surface area contributed by atoms with Gasteiger partial charge in [-0.15, -0.1) is 0 Å². The van der Waals surface area contributed by atoms with Gasteiger partial charge in [0.15, 0.2) is 5.69 Å². The minimum Gasteiger partial charge on any atom is -0.358 e. The minimum absolute atomic E-state index is 0.0337. The number of aryl methyl sites for hydroxylation is 1. The van der Waals surface area contributed by atoms with Crippen LogP contribution in [0.1, 0.15) is 49.9 Å². The van der Waals surface area contributed by atoms with Crippen molar-refractivity contribution in [2.24, 2.45) is 5.92 Å². The number of hydrogen-bond acceptors (Lipinski definition) is 4. The highest BCUT2D eigenvalue weighted by molar-refractivity contribution is 5.84. The first-order valence-corrected chi connectivity index (χ1v) is 11.6. The lowest BCUT2D eigenvalue weighted by Crippen LogP contribution is -2.41. The Balaban J connectivity index is 1.49. The van der Waals surface area contributed by atoms with E-state index in [9.17, 15) is 4.79 Å². The van der Waals surface area contributed by atoms with E-state index < -0.39 is 0 Å². The van der Waals surface area contributed by atoms with Gasteiger partial charge in [0.05, 0.1) is 6.57 Å². The summed E-state index contributed by atoms with van der Waals surface area (Å²) in [5.41, 5.74) is 1.57. The van der Waals surface area contributed by atoms with Crippen molar-refractivity contribution in [1.82, 2.24) is 19.9 Å². The summed E-state index contributed by atoms with van der Waals surface area (Å²) < 4.78 is 1.93. The van der Waals surface area contributed by atoms with E-state index in [1.807, 2.05) is 54.2 Å². The van der Waals surface area contributed by atoms with Crippen LogP contribution in [0.5, 0.6) is 0 Å². The van der Waals surface area contributed by atoms with Crippen molar-refractivity contribution in [3.05, 3.63) is 77.7 Å². The van der Waals surface area contributed by atoms with Crippen LogP contribution in [0.4, 0.5) is 11.5 Å². The van der Waals surface area contributed by atoms with E-state index in [0.29, 0.717) is 29.8 Å². The zero-order chi connectivity index (χ0) is 23.0. The summed E-state index contributed by atoms with van der Waals surface area (Å²) in [7, 11) is 0. The van der Waals surface area contributed by atoms with Crippen LogP contribution in [0.15, 0.2) is 54.9 Å². The number of nitrogens with one attached hydrogen (secondary N) is 2. The van der Waals surface area contributed by atoms with E-state index in [1.165, 1.54) is 32.1 Å². The quantitative estimate of drug-likeness (QED) is 0.471. The van der Waals surface area contributed by atoms with E-state index in [4.69, 9.17) is 6.57 Å². The Morgan fingerprint density at radius 1 is 1.15 bits per heavy atom. The lowest BCUT2D eigenvalue weighted by atomic mass is 9.84. The fraction of sp³-hybridized carbons (Fsp3) is 0.385. The number of hydrogen-bond donors (Lipinski definition) is 2. The van der Waals surface area contributed by atoms with E-state index in [1.54, 1.807) is 12.1 Å². The third kappa shape index (κ3) is 6.19. The third-order valence-electron chi connectivity index (χ3n) is 6.16. The summed E-state index contributed by atoms with van der Waals surface area (Å²) in [4.78, 5) is 25.7. The van der Waals surface area contributed by atoms with Gasteiger partial charge in [0.1, 0.15) is 23.5 Å². The average Bonchev–Trinajstić information content (AvgIpc) is 3.38. The van der Waals surface area contributed by atoms with Gasteiger partial charge in [0.2, 0.25) is 5.91 Å². The van der Waals surface area contributed by atoms with Crippen LogP contribution in [-0.2, 0) is 11.3 Å². The van der Waals surface area contributed by atoms with Crippen molar-refractivity contribution in [3.63, 3.8) is 0 Å². The van der Waals surface area contributed by atoms with Crippen LogP contribution in [0.25, 0.3) is 10.7 Å².